The maximum absolute atomic E-state index is 14.5. The summed E-state index contributed by atoms with van der Waals surface area (Å²) in [4.78, 5) is 14.9. The standard InChI is InChI=1S/C17H17BrClFN4O2S/c1-2-26-16(25)15(14-11-4-3-5-23(11)17(27)21-14)24-7-8-10(19)6-9(18)12(20)13(8)22-24/h6-7,15,17,21,27H,2-5H2,1H3. The molecule has 1 aromatic heterocycles. The Labute approximate surface area is 174 Å². The van der Waals surface area contributed by atoms with E-state index in [1.807, 2.05) is 0 Å². The van der Waals surface area contributed by atoms with Gasteiger partial charge in [-0.1, -0.05) is 11.6 Å². The molecule has 10 heteroatoms. The van der Waals surface area contributed by atoms with Gasteiger partial charge in [-0.3, -0.25) is 4.68 Å². The van der Waals surface area contributed by atoms with E-state index in [2.05, 4.69) is 43.9 Å². The smallest absolute Gasteiger partial charge is 0.337 e. The number of carbonyl (C=O) groups excluding carboxylic acids is 1. The Bertz CT molecular complexity index is 966. The molecule has 3 heterocycles. The van der Waals surface area contributed by atoms with Gasteiger partial charge in [-0.15, -0.1) is 12.6 Å². The van der Waals surface area contributed by atoms with Crippen molar-refractivity contribution in [2.45, 2.75) is 31.3 Å². The fourth-order valence-corrected chi connectivity index (χ4v) is 4.79. The monoisotopic (exact) mass is 474 g/mol. The highest BCUT2D eigenvalue weighted by atomic mass is 79.9. The largest absolute Gasteiger partial charge is 0.464 e. The van der Waals surface area contributed by atoms with Gasteiger partial charge in [0.15, 0.2) is 11.9 Å². The molecule has 6 nitrogen and oxygen atoms in total. The Morgan fingerprint density at radius 2 is 2.41 bits per heavy atom. The third-order valence-corrected chi connectivity index (χ3v) is 6.06. The van der Waals surface area contributed by atoms with Crippen molar-refractivity contribution in [1.29, 1.82) is 0 Å². The van der Waals surface area contributed by atoms with Crippen LogP contribution in [0.1, 0.15) is 25.8 Å². The van der Waals surface area contributed by atoms with Crippen LogP contribution in [0, 0.1) is 5.82 Å². The average Bonchev–Trinajstić information content (AvgIpc) is 3.32. The molecule has 1 N–H and O–H groups in total. The Morgan fingerprint density at radius 1 is 1.63 bits per heavy atom. The Kier molecular flexibility index (Phi) is 5.02. The second-order valence-corrected chi connectivity index (χ2v) is 8.11. The summed E-state index contributed by atoms with van der Waals surface area (Å²) < 4.78 is 21.4. The van der Waals surface area contributed by atoms with E-state index < -0.39 is 17.8 Å². The van der Waals surface area contributed by atoms with E-state index in [1.54, 1.807) is 13.1 Å². The zero-order chi connectivity index (χ0) is 19.3. The van der Waals surface area contributed by atoms with Crippen molar-refractivity contribution in [3.05, 3.63) is 39.0 Å². The summed E-state index contributed by atoms with van der Waals surface area (Å²) in [5.41, 5.74) is 1.58. The SMILES string of the molecule is CCOC(=O)C(C1=C2CCCN2C(S)N1)n1cc2c(Cl)cc(Br)c(F)c2n1. The Hall–Kier alpha value is -1.45. The third kappa shape index (κ3) is 3.09. The first-order chi connectivity index (χ1) is 12.9. The number of rotatable bonds is 4. The summed E-state index contributed by atoms with van der Waals surface area (Å²) in [6, 6.07) is 0.613. The molecule has 0 aliphatic carbocycles. The van der Waals surface area contributed by atoms with Gasteiger partial charge in [0.05, 0.1) is 21.8 Å². The summed E-state index contributed by atoms with van der Waals surface area (Å²) in [6.07, 6.45) is 3.40. The summed E-state index contributed by atoms with van der Waals surface area (Å²) in [5.74, 6) is -0.993. The lowest BCUT2D eigenvalue weighted by Crippen LogP contribution is -2.34. The van der Waals surface area contributed by atoms with Gasteiger partial charge < -0.3 is 15.0 Å². The van der Waals surface area contributed by atoms with Gasteiger partial charge in [0.2, 0.25) is 0 Å². The minimum Gasteiger partial charge on any atom is -0.464 e. The molecule has 1 fully saturated rings. The minimum absolute atomic E-state index is 0.0953. The lowest BCUT2D eigenvalue weighted by atomic mass is 10.1. The number of aromatic nitrogens is 2. The molecule has 0 bridgehead atoms. The number of nitrogens with zero attached hydrogens (tertiary/aromatic N) is 3. The van der Waals surface area contributed by atoms with E-state index in [0.717, 1.165) is 25.1 Å². The molecule has 0 saturated carbocycles. The minimum atomic E-state index is -0.862. The van der Waals surface area contributed by atoms with Crippen molar-refractivity contribution >= 4 is 57.0 Å². The first kappa shape index (κ1) is 18.9. The molecule has 2 unspecified atom stereocenters. The van der Waals surface area contributed by atoms with Crippen LogP contribution in [0.25, 0.3) is 10.9 Å². The lowest BCUT2D eigenvalue weighted by molar-refractivity contribution is -0.146. The molecule has 0 spiro atoms. The summed E-state index contributed by atoms with van der Waals surface area (Å²) in [5, 5.41) is 8.36. The van der Waals surface area contributed by atoms with Crippen molar-refractivity contribution < 1.29 is 13.9 Å². The summed E-state index contributed by atoms with van der Waals surface area (Å²) >= 11 is 13.9. The predicted octanol–water partition coefficient (Wildman–Crippen LogP) is 3.82. The van der Waals surface area contributed by atoms with Crippen LogP contribution in [0.4, 0.5) is 4.39 Å². The molecule has 1 aromatic carbocycles. The highest BCUT2D eigenvalue weighted by Gasteiger charge is 2.40. The van der Waals surface area contributed by atoms with Crippen LogP contribution >= 0.6 is 40.2 Å². The lowest BCUT2D eigenvalue weighted by Gasteiger charge is -2.20. The number of ether oxygens (including phenoxy) is 1. The van der Waals surface area contributed by atoms with Crippen LogP contribution in [-0.4, -0.2) is 39.3 Å². The maximum atomic E-state index is 14.5. The third-order valence-electron chi connectivity index (χ3n) is 4.76. The van der Waals surface area contributed by atoms with E-state index in [0.29, 0.717) is 16.1 Å². The fourth-order valence-electron chi connectivity index (χ4n) is 3.60. The number of fused-ring (bicyclic) bond motifs is 2. The Balaban J connectivity index is 1.87. The second-order valence-electron chi connectivity index (χ2n) is 6.36. The van der Waals surface area contributed by atoms with Crippen LogP contribution in [0.2, 0.25) is 5.02 Å². The van der Waals surface area contributed by atoms with Crippen LogP contribution in [0.5, 0.6) is 0 Å². The van der Waals surface area contributed by atoms with Crippen LogP contribution in [0.3, 0.4) is 0 Å². The van der Waals surface area contributed by atoms with Crippen molar-refractivity contribution in [3.8, 4) is 0 Å². The van der Waals surface area contributed by atoms with E-state index in [4.69, 9.17) is 16.3 Å². The van der Waals surface area contributed by atoms with Gasteiger partial charge in [-0.05, 0) is 41.8 Å². The topological polar surface area (TPSA) is 59.4 Å². The van der Waals surface area contributed by atoms with Crippen molar-refractivity contribution in [2.75, 3.05) is 13.2 Å². The molecule has 144 valence electrons. The second kappa shape index (κ2) is 7.18. The van der Waals surface area contributed by atoms with Crippen LogP contribution < -0.4 is 5.32 Å². The molecule has 2 aliphatic rings. The molecular weight excluding hydrogens is 459 g/mol. The van der Waals surface area contributed by atoms with E-state index in [9.17, 15) is 9.18 Å². The van der Waals surface area contributed by atoms with Crippen molar-refractivity contribution in [1.82, 2.24) is 20.0 Å². The van der Waals surface area contributed by atoms with Gasteiger partial charge in [-0.2, -0.15) is 5.10 Å². The predicted molar refractivity (Wildman–Crippen MR) is 107 cm³/mol. The molecule has 2 aliphatic heterocycles. The first-order valence-corrected chi connectivity index (χ1v) is 10.2. The van der Waals surface area contributed by atoms with Crippen LogP contribution in [0.15, 0.2) is 28.1 Å². The normalized spacial score (nSPS) is 20.2. The molecule has 1 saturated heterocycles. The Morgan fingerprint density at radius 3 is 3.15 bits per heavy atom. The molecule has 2 aromatic rings. The molecule has 2 atom stereocenters. The first-order valence-electron chi connectivity index (χ1n) is 8.55. The van der Waals surface area contributed by atoms with E-state index in [-0.39, 0.29) is 22.1 Å². The number of hydrogen-bond donors (Lipinski definition) is 2. The number of benzene rings is 1. The highest BCUT2D eigenvalue weighted by Crippen LogP contribution is 2.38. The van der Waals surface area contributed by atoms with Crippen molar-refractivity contribution in [2.24, 2.45) is 0 Å². The molecule has 4 rings (SSSR count). The number of thiol groups is 1. The molecular formula is C17H17BrClFN4O2S. The van der Waals surface area contributed by atoms with Gasteiger partial charge in [-0.25, -0.2) is 9.18 Å². The zero-order valence-electron chi connectivity index (χ0n) is 14.4. The van der Waals surface area contributed by atoms with Crippen molar-refractivity contribution in [3.63, 3.8) is 0 Å². The van der Waals surface area contributed by atoms with Gasteiger partial charge in [0.25, 0.3) is 0 Å². The summed E-state index contributed by atoms with van der Waals surface area (Å²) in [7, 11) is 0. The molecule has 0 amide bonds. The number of allylic oxidation sites excluding steroid dienone is 1. The number of nitrogens with one attached hydrogen (secondary N) is 1. The van der Waals surface area contributed by atoms with Gasteiger partial charge >= 0.3 is 5.97 Å². The number of halogens is 3. The van der Waals surface area contributed by atoms with Gasteiger partial charge in [0, 0.05) is 23.8 Å². The van der Waals surface area contributed by atoms with E-state index in [1.165, 1.54) is 10.7 Å². The zero-order valence-corrected chi connectivity index (χ0v) is 17.6. The maximum Gasteiger partial charge on any atom is 0.337 e. The molecule has 27 heavy (non-hydrogen) atoms. The van der Waals surface area contributed by atoms with Gasteiger partial charge in [0.1, 0.15) is 11.0 Å². The average molecular weight is 476 g/mol. The quantitative estimate of drug-likeness (QED) is 0.400. The highest BCUT2D eigenvalue weighted by molar-refractivity contribution is 9.10. The number of esters is 1. The number of hydrogen-bond acceptors (Lipinski definition) is 6. The summed E-state index contributed by atoms with van der Waals surface area (Å²) in [6.45, 7) is 2.84. The van der Waals surface area contributed by atoms with Crippen LogP contribution in [-0.2, 0) is 9.53 Å². The fraction of sp³-hybridized carbons (Fsp3) is 0.412. The number of carbonyl (C=O) groups is 1. The molecule has 0 radical (unpaired) electrons. The van der Waals surface area contributed by atoms with E-state index >= 15 is 0 Å².